The van der Waals surface area contributed by atoms with Crippen molar-refractivity contribution in [2.24, 2.45) is 0 Å². The summed E-state index contributed by atoms with van der Waals surface area (Å²) in [5.74, 6) is -0.809. The summed E-state index contributed by atoms with van der Waals surface area (Å²) >= 11 is 0. The van der Waals surface area contributed by atoms with Gasteiger partial charge in [-0.25, -0.2) is 0 Å². The van der Waals surface area contributed by atoms with Gasteiger partial charge >= 0.3 is 11.9 Å². The van der Waals surface area contributed by atoms with Crippen molar-refractivity contribution in [3.8, 4) is 0 Å². The van der Waals surface area contributed by atoms with E-state index < -0.39 is 49.4 Å². The number of esters is 2. The minimum absolute atomic E-state index is 0.215. The third-order valence-electron chi connectivity index (χ3n) is 10.2. The van der Waals surface area contributed by atoms with Crippen molar-refractivity contribution in [2.45, 2.75) is 230 Å². The summed E-state index contributed by atoms with van der Waals surface area (Å²) in [7, 11) is 0. The van der Waals surface area contributed by atoms with Gasteiger partial charge in [-0.1, -0.05) is 154 Å². The van der Waals surface area contributed by atoms with Gasteiger partial charge in [0.25, 0.3) is 0 Å². The lowest BCUT2D eigenvalue weighted by Gasteiger charge is -2.39. The molecule has 1 fully saturated rings. The lowest BCUT2D eigenvalue weighted by atomic mass is 9.99. The average molecular weight is 757 g/mol. The Morgan fingerprint density at radius 2 is 1.00 bits per heavy atom. The van der Waals surface area contributed by atoms with E-state index in [9.17, 15) is 30.0 Å². The van der Waals surface area contributed by atoms with Crippen LogP contribution < -0.4 is 0 Å². The molecule has 4 N–H and O–H groups in total. The van der Waals surface area contributed by atoms with Crippen LogP contribution in [0.4, 0.5) is 0 Å². The van der Waals surface area contributed by atoms with Crippen LogP contribution in [0.5, 0.6) is 0 Å². The van der Waals surface area contributed by atoms with Crippen molar-refractivity contribution in [1.29, 1.82) is 0 Å². The Labute approximate surface area is 322 Å². The van der Waals surface area contributed by atoms with Crippen LogP contribution in [0.1, 0.15) is 194 Å². The minimum Gasteiger partial charge on any atom is -0.462 e. The Bertz CT molecular complexity index is 881. The average Bonchev–Trinajstić information content (AvgIpc) is 3.15. The van der Waals surface area contributed by atoms with Crippen molar-refractivity contribution in [2.75, 3.05) is 19.8 Å². The topological polar surface area (TPSA) is 152 Å². The lowest BCUT2D eigenvalue weighted by Crippen LogP contribution is -2.59. The van der Waals surface area contributed by atoms with Crippen LogP contribution in [0.2, 0.25) is 0 Å². The molecule has 1 aliphatic heterocycles. The van der Waals surface area contributed by atoms with Crippen molar-refractivity contribution < 1.29 is 49.0 Å². The van der Waals surface area contributed by atoms with E-state index in [1.807, 2.05) is 0 Å². The predicted molar refractivity (Wildman–Crippen MR) is 210 cm³/mol. The van der Waals surface area contributed by atoms with Gasteiger partial charge in [-0.3, -0.25) is 9.59 Å². The van der Waals surface area contributed by atoms with E-state index in [0.29, 0.717) is 6.42 Å². The number of hydrogen-bond acceptors (Lipinski definition) is 10. The van der Waals surface area contributed by atoms with Crippen LogP contribution >= 0.6 is 0 Å². The molecule has 1 saturated heterocycles. The first-order valence-electron chi connectivity index (χ1n) is 21.8. The number of hydrogen-bond donors (Lipinski definition) is 4. The molecule has 0 radical (unpaired) electrons. The minimum atomic E-state index is -1.59. The maximum atomic E-state index is 12.7. The standard InChI is InChI=1S/C43H80O10/c1-3-5-7-9-11-13-15-17-18-20-22-24-26-28-30-32-39(46)52-36(35-51-43-42(49)41(48)40(47)37(33-44)53-43)34-50-38(45)31-29-27-25-23-21-19-16-14-12-10-8-6-4-2/h17-18,36-37,40-44,47-49H,3-16,19-35H2,1-2H3/b18-17-/t36-,37-,40+,41+,42-,43-/m1/s1. The summed E-state index contributed by atoms with van der Waals surface area (Å²) in [5.41, 5.74) is 0. The number of unbranched alkanes of at least 4 members (excludes halogenated alkanes) is 23. The molecule has 0 amide bonds. The first-order chi connectivity index (χ1) is 25.8. The van der Waals surface area contributed by atoms with Gasteiger partial charge in [0, 0.05) is 12.8 Å². The number of rotatable bonds is 36. The fourth-order valence-corrected chi connectivity index (χ4v) is 6.65. The van der Waals surface area contributed by atoms with E-state index >= 15 is 0 Å². The second-order valence-electron chi connectivity index (χ2n) is 15.2. The molecular formula is C43H80O10. The van der Waals surface area contributed by atoms with Gasteiger partial charge in [0.1, 0.15) is 31.0 Å². The van der Waals surface area contributed by atoms with E-state index in [4.69, 9.17) is 18.9 Å². The van der Waals surface area contributed by atoms with Gasteiger partial charge in [-0.2, -0.15) is 0 Å². The van der Waals surface area contributed by atoms with E-state index in [2.05, 4.69) is 26.0 Å². The molecule has 0 spiro atoms. The number of carbonyl (C=O) groups is 2. The van der Waals surface area contributed by atoms with Crippen LogP contribution in [-0.4, -0.2) is 89.0 Å². The smallest absolute Gasteiger partial charge is 0.306 e. The monoisotopic (exact) mass is 757 g/mol. The van der Waals surface area contributed by atoms with Crippen LogP contribution in [0.3, 0.4) is 0 Å². The molecule has 0 bridgehead atoms. The van der Waals surface area contributed by atoms with E-state index in [1.54, 1.807) is 0 Å². The lowest BCUT2D eigenvalue weighted by molar-refractivity contribution is -0.305. The molecular weight excluding hydrogens is 676 g/mol. The van der Waals surface area contributed by atoms with Crippen LogP contribution in [0.15, 0.2) is 12.2 Å². The number of aliphatic hydroxyl groups is 4. The summed E-state index contributed by atoms with van der Waals surface area (Å²) in [4.78, 5) is 25.3. The Hall–Kier alpha value is -1.56. The number of carbonyl (C=O) groups excluding carboxylic acids is 2. The largest absolute Gasteiger partial charge is 0.462 e. The molecule has 53 heavy (non-hydrogen) atoms. The molecule has 10 nitrogen and oxygen atoms in total. The van der Waals surface area contributed by atoms with E-state index in [1.165, 1.54) is 109 Å². The highest BCUT2D eigenvalue weighted by atomic mass is 16.7. The fourth-order valence-electron chi connectivity index (χ4n) is 6.65. The molecule has 1 rings (SSSR count). The highest BCUT2D eigenvalue weighted by Crippen LogP contribution is 2.23. The molecule has 0 aromatic rings. The normalized spacial score (nSPS) is 20.9. The first kappa shape index (κ1) is 49.5. The summed E-state index contributed by atoms with van der Waals surface area (Å²) in [5, 5.41) is 40.0. The zero-order valence-electron chi connectivity index (χ0n) is 33.8. The van der Waals surface area contributed by atoms with Crippen LogP contribution in [0.25, 0.3) is 0 Å². The molecule has 10 heteroatoms. The highest BCUT2D eigenvalue weighted by Gasteiger charge is 2.44. The van der Waals surface area contributed by atoms with Gasteiger partial charge < -0.3 is 39.4 Å². The summed E-state index contributed by atoms with van der Waals surface area (Å²) < 4.78 is 22.1. The molecule has 1 aliphatic rings. The maximum Gasteiger partial charge on any atom is 0.306 e. The predicted octanol–water partition coefficient (Wildman–Crippen LogP) is 8.78. The molecule has 0 saturated carbocycles. The van der Waals surface area contributed by atoms with E-state index in [-0.39, 0.29) is 32.0 Å². The number of ether oxygens (including phenoxy) is 4. The molecule has 0 unspecified atom stereocenters. The Morgan fingerprint density at radius 3 is 1.47 bits per heavy atom. The number of allylic oxidation sites excluding steroid dienone is 2. The zero-order valence-corrected chi connectivity index (χ0v) is 33.8. The van der Waals surface area contributed by atoms with Gasteiger partial charge in [0.05, 0.1) is 13.2 Å². The van der Waals surface area contributed by atoms with Gasteiger partial charge in [0.15, 0.2) is 12.4 Å². The van der Waals surface area contributed by atoms with Gasteiger partial charge in [-0.05, 0) is 38.5 Å². The molecule has 0 aromatic carbocycles. The van der Waals surface area contributed by atoms with E-state index in [0.717, 1.165) is 51.4 Å². The molecule has 1 heterocycles. The second-order valence-corrected chi connectivity index (χ2v) is 15.2. The third-order valence-corrected chi connectivity index (χ3v) is 10.2. The summed E-state index contributed by atoms with van der Waals surface area (Å²) in [6.45, 7) is 3.41. The van der Waals surface area contributed by atoms with Gasteiger partial charge in [0.2, 0.25) is 0 Å². The third kappa shape index (κ3) is 26.8. The molecule has 6 atom stereocenters. The van der Waals surface area contributed by atoms with Gasteiger partial charge in [-0.15, -0.1) is 0 Å². The SMILES string of the molecule is CCCCCCCC/C=C\CCCCCCCC(=O)O[C@H](COC(=O)CCCCCCCCCCCCCCC)CO[C@@H]1O[C@H](CO)[C@H](O)[C@H](O)[C@H]1O. The van der Waals surface area contributed by atoms with Crippen LogP contribution in [0, 0.1) is 0 Å². The molecule has 0 aromatic heterocycles. The highest BCUT2D eigenvalue weighted by molar-refractivity contribution is 5.70. The van der Waals surface area contributed by atoms with Crippen molar-refractivity contribution in [3.05, 3.63) is 12.2 Å². The summed E-state index contributed by atoms with van der Waals surface area (Å²) in [6.07, 6.45) is 27.9. The summed E-state index contributed by atoms with van der Waals surface area (Å²) in [6, 6.07) is 0. The maximum absolute atomic E-state index is 12.7. The van der Waals surface area contributed by atoms with Crippen molar-refractivity contribution in [1.82, 2.24) is 0 Å². The second kappa shape index (κ2) is 34.9. The Morgan fingerprint density at radius 1 is 0.566 bits per heavy atom. The van der Waals surface area contributed by atoms with Crippen molar-refractivity contribution >= 4 is 11.9 Å². The van der Waals surface area contributed by atoms with Crippen LogP contribution in [-0.2, 0) is 28.5 Å². The molecule has 312 valence electrons. The zero-order chi connectivity index (χ0) is 38.8. The quantitative estimate of drug-likeness (QED) is 0.0277. The fraction of sp³-hybridized carbons (Fsp3) is 0.907. The Kier molecular flexibility index (Phi) is 32.6. The molecule has 0 aliphatic carbocycles. The Balaban J connectivity index is 2.35. The van der Waals surface area contributed by atoms with Crippen molar-refractivity contribution in [3.63, 3.8) is 0 Å². The first-order valence-corrected chi connectivity index (χ1v) is 21.8. The number of aliphatic hydroxyl groups excluding tert-OH is 4.